The van der Waals surface area contributed by atoms with Gasteiger partial charge in [0.1, 0.15) is 0 Å². The van der Waals surface area contributed by atoms with E-state index in [0.29, 0.717) is 10.7 Å². The Morgan fingerprint density at radius 3 is 2.50 bits per heavy atom. The molecule has 2 aromatic carbocycles. The Morgan fingerprint density at radius 1 is 1.12 bits per heavy atom. The summed E-state index contributed by atoms with van der Waals surface area (Å²) in [6, 6.07) is 17.3. The molecule has 0 spiro atoms. The maximum atomic E-state index is 12.3. The monoisotopic (exact) mass is 400 g/mol. The molecular formula is C19H17BrN2OS. The molecule has 0 bridgehead atoms. The van der Waals surface area contributed by atoms with Crippen LogP contribution in [0.5, 0.6) is 0 Å². The predicted octanol–water partition coefficient (Wildman–Crippen LogP) is 5.78. The molecule has 3 nitrogen and oxygen atoms in total. The number of rotatable bonds is 5. The Bertz CT molecular complexity index is 828. The lowest BCUT2D eigenvalue weighted by Gasteiger charge is -2.01. The first-order valence-electron chi connectivity index (χ1n) is 7.79. The Morgan fingerprint density at radius 2 is 1.83 bits per heavy atom. The highest BCUT2D eigenvalue weighted by atomic mass is 79.9. The number of halogens is 1. The second-order valence-corrected chi connectivity index (χ2v) is 7.37. The number of hydrogen-bond donors (Lipinski definition) is 1. The average molecular weight is 401 g/mol. The SMILES string of the molecule is CCCc1sc(NC(=O)c2ccccc2)nc1-c1ccc(Br)cc1. The summed E-state index contributed by atoms with van der Waals surface area (Å²) in [5.74, 6) is -0.130. The van der Waals surface area contributed by atoms with Crippen molar-refractivity contribution in [1.29, 1.82) is 0 Å². The van der Waals surface area contributed by atoms with E-state index in [1.54, 1.807) is 23.5 Å². The van der Waals surface area contributed by atoms with Crippen molar-refractivity contribution in [2.24, 2.45) is 0 Å². The predicted molar refractivity (Wildman–Crippen MR) is 104 cm³/mol. The summed E-state index contributed by atoms with van der Waals surface area (Å²) >= 11 is 5.01. The van der Waals surface area contributed by atoms with Crippen LogP contribution < -0.4 is 5.32 Å². The van der Waals surface area contributed by atoms with Crippen molar-refractivity contribution in [1.82, 2.24) is 4.98 Å². The van der Waals surface area contributed by atoms with E-state index in [9.17, 15) is 4.79 Å². The Hall–Kier alpha value is -1.98. The number of amides is 1. The second-order valence-electron chi connectivity index (χ2n) is 5.37. The van der Waals surface area contributed by atoms with Crippen LogP contribution in [-0.4, -0.2) is 10.9 Å². The molecule has 0 aliphatic heterocycles. The normalized spacial score (nSPS) is 10.6. The van der Waals surface area contributed by atoms with E-state index in [4.69, 9.17) is 0 Å². The van der Waals surface area contributed by atoms with E-state index in [0.717, 1.165) is 28.6 Å². The lowest BCUT2D eigenvalue weighted by Crippen LogP contribution is -2.11. The molecule has 0 saturated carbocycles. The Labute approximate surface area is 153 Å². The van der Waals surface area contributed by atoms with Crippen LogP contribution in [0.3, 0.4) is 0 Å². The van der Waals surface area contributed by atoms with Gasteiger partial charge in [-0.05, 0) is 30.7 Å². The van der Waals surface area contributed by atoms with Crippen molar-refractivity contribution in [3.63, 3.8) is 0 Å². The van der Waals surface area contributed by atoms with Gasteiger partial charge in [-0.2, -0.15) is 0 Å². The van der Waals surface area contributed by atoms with Gasteiger partial charge >= 0.3 is 0 Å². The molecule has 5 heteroatoms. The van der Waals surface area contributed by atoms with Crippen LogP contribution in [-0.2, 0) is 6.42 Å². The number of anilines is 1. The van der Waals surface area contributed by atoms with Gasteiger partial charge in [0, 0.05) is 20.5 Å². The van der Waals surface area contributed by atoms with Gasteiger partial charge < -0.3 is 0 Å². The van der Waals surface area contributed by atoms with E-state index < -0.39 is 0 Å². The Kier molecular flexibility index (Phi) is 5.43. The molecule has 0 radical (unpaired) electrons. The minimum absolute atomic E-state index is 0.130. The Balaban J connectivity index is 1.88. The smallest absolute Gasteiger partial charge is 0.257 e. The molecule has 24 heavy (non-hydrogen) atoms. The quantitative estimate of drug-likeness (QED) is 0.589. The lowest BCUT2D eigenvalue weighted by molar-refractivity contribution is 0.102. The van der Waals surface area contributed by atoms with E-state index in [-0.39, 0.29) is 5.91 Å². The number of hydrogen-bond acceptors (Lipinski definition) is 3. The van der Waals surface area contributed by atoms with Gasteiger partial charge in [-0.3, -0.25) is 10.1 Å². The summed E-state index contributed by atoms with van der Waals surface area (Å²) < 4.78 is 1.04. The van der Waals surface area contributed by atoms with Crippen LogP contribution in [0.15, 0.2) is 59.1 Å². The molecule has 0 aliphatic carbocycles. The highest BCUT2D eigenvalue weighted by Gasteiger charge is 2.15. The number of carbonyl (C=O) groups excluding carboxylic acids is 1. The van der Waals surface area contributed by atoms with Crippen LogP contribution >= 0.6 is 27.3 Å². The number of nitrogens with zero attached hydrogens (tertiary/aromatic N) is 1. The molecule has 0 saturated heterocycles. The fraction of sp³-hybridized carbons (Fsp3) is 0.158. The minimum atomic E-state index is -0.130. The van der Waals surface area contributed by atoms with Gasteiger partial charge in [-0.15, -0.1) is 11.3 Å². The summed E-state index contributed by atoms with van der Waals surface area (Å²) in [4.78, 5) is 18.2. The zero-order valence-electron chi connectivity index (χ0n) is 13.3. The summed E-state index contributed by atoms with van der Waals surface area (Å²) in [5, 5.41) is 3.56. The molecule has 122 valence electrons. The van der Waals surface area contributed by atoms with Crippen molar-refractivity contribution in [3.05, 3.63) is 69.5 Å². The molecule has 0 fully saturated rings. The molecule has 1 amide bonds. The van der Waals surface area contributed by atoms with Gasteiger partial charge in [0.15, 0.2) is 5.13 Å². The zero-order chi connectivity index (χ0) is 16.9. The molecule has 1 aromatic heterocycles. The van der Waals surface area contributed by atoms with Crippen molar-refractivity contribution >= 4 is 38.3 Å². The van der Waals surface area contributed by atoms with Gasteiger partial charge in [-0.1, -0.05) is 59.6 Å². The molecular weight excluding hydrogens is 384 g/mol. The maximum absolute atomic E-state index is 12.3. The van der Waals surface area contributed by atoms with Crippen LogP contribution in [0.4, 0.5) is 5.13 Å². The topological polar surface area (TPSA) is 42.0 Å². The van der Waals surface area contributed by atoms with Gasteiger partial charge in [0.25, 0.3) is 5.91 Å². The third-order valence-electron chi connectivity index (χ3n) is 3.55. The maximum Gasteiger partial charge on any atom is 0.257 e. The van der Waals surface area contributed by atoms with Gasteiger partial charge in [-0.25, -0.2) is 4.98 Å². The molecule has 0 atom stereocenters. The van der Waals surface area contributed by atoms with Gasteiger partial charge in [0.05, 0.1) is 5.69 Å². The number of thiazole rings is 1. The number of aromatic nitrogens is 1. The van der Waals surface area contributed by atoms with E-state index in [1.807, 2.05) is 42.5 Å². The molecule has 3 aromatic rings. The van der Waals surface area contributed by atoms with Crippen molar-refractivity contribution < 1.29 is 4.79 Å². The third-order valence-corrected chi connectivity index (χ3v) is 5.11. The summed E-state index contributed by atoms with van der Waals surface area (Å²) in [5.41, 5.74) is 2.66. The number of benzene rings is 2. The molecule has 1 heterocycles. The number of nitrogens with one attached hydrogen (secondary N) is 1. The largest absolute Gasteiger partial charge is 0.298 e. The first-order chi connectivity index (χ1) is 11.7. The summed E-state index contributed by atoms with van der Waals surface area (Å²) in [6.45, 7) is 2.15. The van der Waals surface area contributed by atoms with Crippen LogP contribution in [0.1, 0.15) is 28.6 Å². The number of carbonyl (C=O) groups is 1. The fourth-order valence-electron chi connectivity index (χ4n) is 2.39. The van der Waals surface area contributed by atoms with Crippen LogP contribution in [0.25, 0.3) is 11.3 Å². The summed E-state index contributed by atoms with van der Waals surface area (Å²) in [7, 11) is 0. The number of aryl methyl sites for hydroxylation is 1. The van der Waals surface area contributed by atoms with Crippen LogP contribution in [0.2, 0.25) is 0 Å². The third kappa shape index (κ3) is 3.91. The summed E-state index contributed by atoms with van der Waals surface area (Å²) in [6.07, 6.45) is 1.99. The van der Waals surface area contributed by atoms with E-state index in [1.165, 1.54) is 4.88 Å². The zero-order valence-corrected chi connectivity index (χ0v) is 15.7. The fourth-order valence-corrected chi connectivity index (χ4v) is 3.74. The molecule has 1 N–H and O–H groups in total. The second kappa shape index (κ2) is 7.73. The van der Waals surface area contributed by atoms with Gasteiger partial charge in [0.2, 0.25) is 0 Å². The first kappa shape index (κ1) is 16.9. The first-order valence-corrected chi connectivity index (χ1v) is 9.40. The standard InChI is InChI=1S/C19H17BrN2OS/c1-2-6-16-17(13-9-11-15(20)12-10-13)21-19(24-16)22-18(23)14-7-4-3-5-8-14/h3-5,7-12H,2,6H2,1H3,(H,21,22,23). The lowest BCUT2D eigenvalue weighted by atomic mass is 10.1. The molecule has 0 aliphatic rings. The van der Waals surface area contributed by atoms with E-state index >= 15 is 0 Å². The average Bonchev–Trinajstić information content (AvgIpc) is 2.99. The van der Waals surface area contributed by atoms with E-state index in [2.05, 4.69) is 33.2 Å². The van der Waals surface area contributed by atoms with Crippen molar-refractivity contribution in [3.8, 4) is 11.3 Å². The van der Waals surface area contributed by atoms with Crippen LogP contribution in [0, 0.1) is 0 Å². The van der Waals surface area contributed by atoms with Crippen molar-refractivity contribution in [2.45, 2.75) is 19.8 Å². The molecule has 3 rings (SSSR count). The highest BCUT2D eigenvalue weighted by molar-refractivity contribution is 9.10. The highest BCUT2D eigenvalue weighted by Crippen LogP contribution is 2.33. The minimum Gasteiger partial charge on any atom is -0.298 e. The molecule has 0 unspecified atom stereocenters. The van der Waals surface area contributed by atoms with Crippen molar-refractivity contribution in [2.75, 3.05) is 5.32 Å².